The van der Waals surface area contributed by atoms with Gasteiger partial charge in [-0.2, -0.15) is 0 Å². The van der Waals surface area contributed by atoms with Crippen molar-refractivity contribution in [2.45, 2.75) is 0 Å². The lowest BCUT2D eigenvalue weighted by atomic mass is 10.3. The van der Waals surface area contributed by atoms with Crippen LogP contribution in [0.4, 0.5) is 10.7 Å². The molecule has 0 aliphatic heterocycles. The first-order valence-electron chi connectivity index (χ1n) is 5.71. The molecule has 0 aliphatic rings. The van der Waals surface area contributed by atoms with Crippen LogP contribution in [0.1, 0.15) is 9.67 Å². The number of hydrogen-bond acceptors (Lipinski definition) is 5. The number of nitrogens with zero attached hydrogens (tertiary/aromatic N) is 1. The second kappa shape index (κ2) is 7.03. The molecule has 1 heterocycles. The molecular weight excluding hydrogens is 248 g/mol. The summed E-state index contributed by atoms with van der Waals surface area (Å²) in [4.78, 5) is 14.4. The molecule has 0 saturated heterocycles. The van der Waals surface area contributed by atoms with Gasteiger partial charge in [-0.1, -0.05) is 6.08 Å². The van der Waals surface area contributed by atoms with Crippen LogP contribution >= 0.6 is 11.3 Å². The SMILES string of the molecule is C=CCNC(=O)c1sc(NCCN(C)C)cc1N. The summed E-state index contributed by atoms with van der Waals surface area (Å²) in [5.74, 6) is -0.155. The Morgan fingerprint density at radius 1 is 1.61 bits per heavy atom. The number of thiophene rings is 1. The third kappa shape index (κ3) is 4.38. The van der Waals surface area contributed by atoms with E-state index in [1.54, 1.807) is 12.1 Å². The van der Waals surface area contributed by atoms with Gasteiger partial charge in [0.05, 0.1) is 10.7 Å². The number of carbonyl (C=O) groups excluding carboxylic acids is 1. The molecule has 6 heteroatoms. The van der Waals surface area contributed by atoms with E-state index in [1.165, 1.54) is 11.3 Å². The second-order valence-corrected chi connectivity index (χ2v) is 5.18. The first-order chi connectivity index (χ1) is 8.54. The van der Waals surface area contributed by atoms with E-state index in [4.69, 9.17) is 5.73 Å². The van der Waals surface area contributed by atoms with Gasteiger partial charge in [0.15, 0.2) is 0 Å². The average Bonchev–Trinajstić information content (AvgIpc) is 2.67. The summed E-state index contributed by atoms with van der Waals surface area (Å²) in [7, 11) is 4.03. The van der Waals surface area contributed by atoms with E-state index < -0.39 is 0 Å². The molecule has 18 heavy (non-hydrogen) atoms. The van der Waals surface area contributed by atoms with Crippen LogP contribution in [0.25, 0.3) is 0 Å². The Morgan fingerprint density at radius 2 is 2.33 bits per heavy atom. The molecule has 4 N–H and O–H groups in total. The van der Waals surface area contributed by atoms with Crippen molar-refractivity contribution in [1.82, 2.24) is 10.2 Å². The van der Waals surface area contributed by atoms with Crippen molar-refractivity contribution in [2.24, 2.45) is 0 Å². The minimum atomic E-state index is -0.155. The summed E-state index contributed by atoms with van der Waals surface area (Å²) in [5, 5.41) is 6.87. The summed E-state index contributed by atoms with van der Waals surface area (Å²) in [6, 6.07) is 1.79. The van der Waals surface area contributed by atoms with Gasteiger partial charge in [-0.25, -0.2) is 0 Å². The molecule has 0 saturated carbocycles. The Morgan fingerprint density at radius 3 is 2.94 bits per heavy atom. The van der Waals surface area contributed by atoms with Crippen LogP contribution in [0.15, 0.2) is 18.7 Å². The van der Waals surface area contributed by atoms with Gasteiger partial charge in [0.1, 0.15) is 4.88 Å². The maximum absolute atomic E-state index is 11.8. The molecule has 0 bridgehead atoms. The van der Waals surface area contributed by atoms with Gasteiger partial charge in [-0.3, -0.25) is 4.79 Å². The largest absolute Gasteiger partial charge is 0.397 e. The third-order valence-corrected chi connectivity index (χ3v) is 3.34. The molecule has 1 amide bonds. The maximum Gasteiger partial charge on any atom is 0.263 e. The highest BCUT2D eigenvalue weighted by atomic mass is 32.1. The van der Waals surface area contributed by atoms with Gasteiger partial charge in [0.25, 0.3) is 5.91 Å². The lowest BCUT2D eigenvalue weighted by Gasteiger charge is -2.09. The van der Waals surface area contributed by atoms with Crippen LogP contribution in [-0.4, -0.2) is 44.5 Å². The van der Waals surface area contributed by atoms with Gasteiger partial charge in [0.2, 0.25) is 0 Å². The van der Waals surface area contributed by atoms with E-state index in [2.05, 4.69) is 22.1 Å². The fourth-order valence-corrected chi connectivity index (χ4v) is 2.24. The molecule has 0 radical (unpaired) electrons. The molecule has 0 aliphatic carbocycles. The number of carbonyl (C=O) groups is 1. The van der Waals surface area contributed by atoms with Crippen LogP contribution < -0.4 is 16.4 Å². The zero-order chi connectivity index (χ0) is 13.5. The molecule has 0 spiro atoms. The summed E-state index contributed by atoms with van der Waals surface area (Å²) in [6.45, 7) is 5.74. The monoisotopic (exact) mass is 268 g/mol. The predicted molar refractivity (Wildman–Crippen MR) is 78.3 cm³/mol. The summed E-state index contributed by atoms with van der Waals surface area (Å²) >= 11 is 1.37. The molecule has 1 rings (SSSR count). The molecule has 5 nitrogen and oxygen atoms in total. The molecular formula is C12H20N4OS. The van der Waals surface area contributed by atoms with Gasteiger partial charge >= 0.3 is 0 Å². The van der Waals surface area contributed by atoms with E-state index in [0.29, 0.717) is 17.1 Å². The Balaban J connectivity index is 2.58. The Kier molecular flexibility index (Phi) is 5.67. The summed E-state index contributed by atoms with van der Waals surface area (Å²) < 4.78 is 0. The third-order valence-electron chi connectivity index (χ3n) is 2.23. The standard InChI is InChI=1S/C12H20N4OS/c1-4-5-15-12(17)11-9(13)8-10(18-11)14-6-7-16(2)3/h4,8,14H,1,5-7,13H2,2-3H3,(H,15,17). The molecule has 0 unspecified atom stereocenters. The Labute approximate surface area is 112 Å². The molecule has 100 valence electrons. The van der Waals surface area contributed by atoms with Crippen LogP contribution in [0, 0.1) is 0 Å². The highest BCUT2D eigenvalue weighted by Gasteiger charge is 2.13. The number of nitrogens with two attached hydrogens (primary N) is 1. The van der Waals surface area contributed by atoms with E-state index >= 15 is 0 Å². The maximum atomic E-state index is 11.8. The number of anilines is 2. The first-order valence-corrected chi connectivity index (χ1v) is 6.53. The van der Waals surface area contributed by atoms with E-state index in [-0.39, 0.29) is 5.91 Å². The second-order valence-electron chi connectivity index (χ2n) is 4.12. The normalized spacial score (nSPS) is 10.4. The van der Waals surface area contributed by atoms with Crippen LogP contribution in [0.3, 0.4) is 0 Å². The lowest BCUT2D eigenvalue weighted by Crippen LogP contribution is -2.22. The fourth-order valence-electron chi connectivity index (χ4n) is 1.32. The Hall–Kier alpha value is -1.53. The lowest BCUT2D eigenvalue weighted by molar-refractivity contribution is 0.0963. The van der Waals surface area contributed by atoms with Gasteiger partial charge in [-0.05, 0) is 20.2 Å². The number of hydrogen-bond donors (Lipinski definition) is 3. The van der Waals surface area contributed by atoms with Gasteiger partial charge in [-0.15, -0.1) is 17.9 Å². The fraction of sp³-hybridized carbons (Fsp3) is 0.417. The number of likely N-dealkylation sites (N-methyl/N-ethyl adjacent to an activating group) is 1. The first kappa shape index (κ1) is 14.5. The quantitative estimate of drug-likeness (QED) is 0.650. The average molecular weight is 268 g/mol. The molecule has 1 aromatic rings. The van der Waals surface area contributed by atoms with Crippen LogP contribution in [0.5, 0.6) is 0 Å². The van der Waals surface area contributed by atoms with Crippen molar-refractivity contribution < 1.29 is 4.79 Å². The number of nitrogens with one attached hydrogen (secondary N) is 2. The van der Waals surface area contributed by atoms with Gasteiger partial charge < -0.3 is 21.3 Å². The van der Waals surface area contributed by atoms with Gasteiger partial charge in [0, 0.05) is 19.6 Å². The van der Waals surface area contributed by atoms with E-state index in [1.807, 2.05) is 14.1 Å². The number of rotatable bonds is 7. The highest BCUT2D eigenvalue weighted by molar-refractivity contribution is 7.18. The van der Waals surface area contributed by atoms with Crippen molar-refractivity contribution in [3.63, 3.8) is 0 Å². The predicted octanol–water partition coefficient (Wildman–Crippen LogP) is 1.22. The van der Waals surface area contributed by atoms with Crippen molar-refractivity contribution in [3.05, 3.63) is 23.6 Å². The van der Waals surface area contributed by atoms with Crippen molar-refractivity contribution in [2.75, 3.05) is 44.8 Å². The summed E-state index contributed by atoms with van der Waals surface area (Å²) in [5.41, 5.74) is 6.33. The Bertz CT molecular complexity index is 414. The topological polar surface area (TPSA) is 70.4 Å². The van der Waals surface area contributed by atoms with E-state index in [9.17, 15) is 4.79 Å². The smallest absolute Gasteiger partial charge is 0.263 e. The van der Waals surface area contributed by atoms with E-state index in [0.717, 1.165) is 18.1 Å². The number of amides is 1. The van der Waals surface area contributed by atoms with Crippen LogP contribution in [0.2, 0.25) is 0 Å². The molecule has 0 aromatic carbocycles. The summed E-state index contributed by atoms with van der Waals surface area (Å²) in [6.07, 6.45) is 1.64. The van der Waals surface area contributed by atoms with Crippen LogP contribution in [-0.2, 0) is 0 Å². The highest BCUT2D eigenvalue weighted by Crippen LogP contribution is 2.28. The minimum absolute atomic E-state index is 0.155. The molecule has 0 fully saturated rings. The van der Waals surface area contributed by atoms with Crippen molar-refractivity contribution >= 4 is 27.9 Å². The number of nitrogen functional groups attached to an aromatic ring is 1. The molecule has 1 aromatic heterocycles. The van der Waals surface area contributed by atoms with Crippen molar-refractivity contribution in [3.8, 4) is 0 Å². The van der Waals surface area contributed by atoms with Crippen molar-refractivity contribution in [1.29, 1.82) is 0 Å². The zero-order valence-electron chi connectivity index (χ0n) is 10.8. The molecule has 0 atom stereocenters. The zero-order valence-corrected chi connectivity index (χ0v) is 11.6. The minimum Gasteiger partial charge on any atom is -0.397 e.